The van der Waals surface area contributed by atoms with Crippen LogP contribution in [0.4, 0.5) is 0 Å². The van der Waals surface area contributed by atoms with E-state index in [4.69, 9.17) is 0 Å². The van der Waals surface area contributed by atoms with Gasteiger partial charge in [0.15, 0.2) is 21.8 Å². The normalized spacial score (nSPS) is 21.8. The lowest BCUT2D eigenvalue weighted by atomic mass is 10.2. The van der Waals surface area contributed by atoms with Crippen molar-refractivity contribution in [2.75, 3.05) is 11.5 Å². The third kappa shape index (κ3) is 2.03. The summed E-state index contributed by atoms with van der Waals surface area (Å²) in [5.74, 6) is 0.310. The smallest absolute Gasteiger partial charge is 0.158 e. The summed E-state index contributed by atoms with van der Waals surface area (Å²) < 4.78 is 24.8. The van der Waals surface area contributed by atoms with E-state index in [-0.39, 0.29) is 17.5 Å². The molecule has 0 radical (unpaired) electrons. The van der Waals surface area contributed by atoms with Gasteiger partial charge in [0, 0.05) is 17.1 Å². The molecule has 0 spiro atoms. The highest BCUT2D eigenvalue weighted by molar-refractivity contribution is 7.91. The molecule has 0 saturated carbocycles. The van der Waals surface area contributed by atoms with Crippen LogP contribution in [0.3, 0.4) is 0 Å². The third-order valence-corrected chi connectivity index (χ3v) is 5.19. The zero-order valence-electron chi connectivity index (χ0n) is 10.4. The van der Waals surface area contributed by atoms with Gasteiger partial charge >= 0.3 is 0 Å². The van der Waals surface area contributed by atoms with Gasteiger partial charge < -0.3 is 0 Å². The van der Waals surface area contributed by atoms with Crippen LogP contribution in [-0.4, -0.2) is 41.0 Å². The van der Waals surface area contributed by atoms with Crippen molar-refractivity contribution in [2.24, 2.45) is 0 Å². The number of carbonyl (C=O) groups is 1. The summed E-state index contributed by atoms with van der Waals surface area (Å²) in [5, 5.41) is 5.19. The quantitative estimate of drug-likeness (QED) is 0.763. The highest BCUT2D eigenvalue weighted by Crippen LogP contribution is 2.27. The van der Waals surface area contributed by atoms with Crippen molar-refractivity contribution >= 4 is 27.2 Å². The number of hydrogen-bond donors (Lipinski definition) is 0. The van der Waals surface area contributed by atoms with E-state index < -0.39 is 9.84 Å². The first-order chi connectivity index (χ1) is 9.00. The first-order valence-corrected chi connectivity index (χ1v) is 7.83. The molecule has 3 rings (SSSR count). The molecule has 0 bridgehead atoms. The van der Waals surface area contributed by atoms with Crippen LogP contribution in [-0.2, 0) is 9.84 Å². The van der Waals surface area contributed by atoms with Crippen LogP contribution in [0.1, 0.15) is 28.5 Å². The minimum absolute atomic E-state index is 0.111. The Balaban J connectivity index is 2.13. The fraction of sp³-hybridized carbons (Fsp3) is 0.417. The van der Waals surface area contributed by atoms with E-state index in [0.29, 0.717) is 17.6 Å². The molecule has 3 heterocycles. The number of aldehydes is 1. The molecule has 2 aromatic heterocycles. The fourth-order valence-corrected chi connectivity index (χ4v) is 4.16. The van der Waals surface area contributed by atoms with Gasteiger partial charge in [0.2, 0.25) is 0 Å². The van der Waals surface area contributed by atoms with Gasteiger partial charge in [-0.2, -0.15) is 5.10 Å². The average Bonchev–Trinajstić information content (AvgIpc) is 2.90. The summed E-state index contributed by atoms with van der Waals surface area (Å²) in [7, 11) is -2.96. The first-order valence-electron chi connectivity index (χ1n) is 6.00. The number of sulfone groups is 1. The Bertz CT molecular complexity index is 764. The van der Waals surface area contributed by atoms with E-state index in [1.54, 1.807) is 10.7 Å². The predicted molar refractivity (Wildman–Crippen MR) is 70.0 cm³/mol. The summed E-state index contributed by atoms with van der Waals surface area (Å²) in [6.07, 6.45) is 2.79. The number of aromatic nitrogens is 3. The van der Waals surface area contributed by atoms with Crippen molar-refractivity contribution < 1.29 is 13.2 Å². The van der Waals surface area contributed by atoms with E-state index in [9.17, 15) is 13.2 Å². The Kier molecular flexibility index (Phi) is 2.67. The van der Waals surface area contributed by atoms with E-state index >= 15 is 0 Å². The van der Waals surface area contributed by atoms with Crippen molar-refractivity contribution in [1.29, 1.82) is 0 Å². The van der Waals surface area contributed by atoms with E-state index in [0.717, 1.165) is 17.4 Å². The molecule has 0 aromatic carbocycles. The van der Waals surface area contributed by atoms with Gasteiger partial charge in [-0.1, -0.05) is 0 Å². The molecule has 1 aliphatic heterocycles. The lowest BCUT2D eigenvalue weighted by Gasteiger charge is -2.08. The van der Waals surface area contributed by atoms with Crippen LogP contribution in [0.5, 0.6) is 0 Å². The van der Waals surface area contributed by atoms with E-state index in [1.165, 1.54) is 6.20 Å². The van der Waals surface area contributed by atoms with Gasteiger partial charge in [-0.05, 0) is 19.4 Å². The van der Waals surface area contributed by atoms with E-state index in [1.807, 2.05) is 6.92 Å². The maximum atomic E-state index is 11.5. The molecule has 19 heavy (non-hydrogen) atoms. The summed E-state index contributed by atoms with van der Waals surface area (Å²) in [6.45, 7) is 1.83. The van der Waals surface area contributed by atoms with Crippen molar-refractivity contribution in [2.45, 2.75) is 19.4 Å². The highest BCUT2D eigenvalue weighted by atomic mass is 32.2. The number of fused-ring (bicyclic) bond motifs is 1. The van der Waals surface area contributed by atoms with Crippen LogP contribution in [0.15, 0.2) is 12.3 Å². The zero-order valence-corrected chi connectivity index (χ0v) is 11.2. The number of nitrogens with zero attached hydrogens (tertiary/aromatic N) is 3. The molecular weight excluding hydrogens is 266 g/mol. The lowest BCUT2D eigenvalue weighted by Crippen LogP contribution is -2.13. The Labute approximate surface area is 110 Å². The number of rotatable bonds is 2. The average molecular weight is 279 g/mol. The Morgan fingerprint density at radius 3 is 2.89 bits per heavy atom. The fourth-order valence-electron chi connectivity index (χ4n) is 2.47. The minimum Gasteiger partial charge on any atom is -0.298 e. The van der Waals surface area contributed by atoms with Gasteiger partial charge in [-0.25, -0.2) is 18.1 Å². The monoisotopic (exact) mass is 279 g/mol. The molecule has 0 aliphatic carbocycles. The van der Waals surface area contributed by atoms with Crippen LogP contribution in [0.2, 0.25) is 0 Å². The maximum absolute atomic E-state index is 11.5. The Hall–Kier alpha value is -1.76. The minimum atomic E-state index is -2.96. The lowest BCUT2D eigenvalue weighted by molar-refractivity contribution is 0.112. The van der Waals surface area contributed by atoms with E-state index in [2.05, 4.69) is 10.1 Å². The molecule has 100 valence electrons. The van der Waals surface area contributed by atoms with Crippen LogP contribution < -0.4 is 0 Å². The van der Waals surface area contributed by atoms with Crippen molar-refractivity contribution in [3.63, 3.8) is 0 Å². The topological polar surface area (TPSA) is 81.9 Å². The van der Waals surface area contributed by atoms with Gasteiger partial charge in [0.25, 0.3) is 0 Å². The molecule has 0 N–H and O–H groups in total. The Morgan fingerprint density at radius 2 is 2.26 bits per heavy atom. The molecule has 7 heteroatoms. The summed E-state index contributed by atoms with van der Waals surface area (Å²) in [6, 6.07) is 1.58. The molecule has 0 unspecified atom stereocenters. The Morgan fingerprint density at radius 1 is 1.47 bits per heavy atom. The van der Waals surface area contributed by atoms with Gasteiger partial charge in [0.1, 0.15) is 0 Å². The second-order valence-corrected chi connectivity index (χ2v) is 7.07. The molecule has 1 fully saturated rings. The molecule has 2 aromatic rings. The standard InChI is InChI=1S/C12H13N3O3S/c1-8-11-4-9(6-16)5-13-12(11)15(14-8)10-2-3-19(17,18)7-10/h4-6,10H,2-3,7H2,1H3/t10-/m1/s1. The molecule has 0 amide bonds. The largest absolute Gasteiger partial charge is 0.298 e. The van der Waals surface area contributed by atoms with Crippen LogP contribution in [0, 0.1) is 6.92 Å². The van der Waals surface area contributed by atoms with Gasteiger partial charge in [-0.3, -0.25) is 4.79 Å². The number of aryl methyl sites for hydroxylation is 1. The SMILES string of the molecule is Cc1nn([C@@H]2CCS(=O)(=O)C2)c2ncc(C=O)cc12. The molecule has 6 nitrogen and oxygen atoms in total. The molecular formula is C12H13N3O3S. The number of carbonyl (C=O) groups excluding carboxylic acids is 1. The first kappa shape index (κ1) is 12.3. The summed E-state index contributed by atoms with van der Waals surface area (Å²) in [4.78, 5) is 15.0. The van der Waals surface area contributed by atoms with Gasteiger partial charge in [-0.15, -0.1) is 0 Å². The van der Waals surface area contributed by atoms with Crippen molar-refractivity contribution in [1.82, 2.24) is 14.8 Å². The third-order valence-electron chi connectivity index (χ3n) is 3.44. The number of hydrogen-bond acceptors (Lipinski definition) is 5. The second-order valence-electron chi connectivity index (χ2n) is 4.84. The molecule has 1 aliphatic rings. The van der Waals surface area contributed by atoms with Crippen LogP contribution in [0.25, 0.3) is 11.0 Å². The maximum Gasteiger partial charge on any atom is 0.158 e. The van der Waals surface area contributed by atoms with Crippen molar-refractivity contribution in [3.8, 4) is 0 Å². The molecule has 1 saturated heterocycles. The zero-order chi connectivity index (χ0) is 13.6. The summed E-state index contributed by atoms with van der Waals surface area (Å²) in [5.41, 5.74) is 1.90. The van der Waals surface area contributed by atoms with Crippen LogP contribution >= 0.6 is 0 Å². The summed E-state index contributed by atoms with van der Waals surface area (Å²) >= 11 is 0. The second kappa shape index (κ2) is 4.12. The number of pyridine rings is 1. The highest BCUT2D eigenvalue weighted by Gasteiger charge is 2.31. The van der Waals surface area contributed by atoms with Gasteiger partial charge in [0.05, 0.1) is 23.2 Å². The molecule has 1 atom stereocenters. The predicted octanol–water partition coefficient (Wildman–Crippen LogP) is 0.912. The van der Waals surface area contributed by atoms with Crippen molar-refractivity contribution in [3.05, 3.63) is 23.5 Å².